The van der Waals surface area contributed by atoms with Crippen LogP contribution in [0.3, 0.4) is 0 Å². The molecule has 5 aromatic heterocycles. The molecule has 0 unspecified atom stereocenters. The summed E-state index contributed by atoms with van der Waals surface area (Å²) in [6.07, 6.45) is 2.07. The van der Waals surface area contributed by atoms with Crippen LogP contribution in [0.25, 0.3) is 106 Å². The predicted molar refractivity (Wildman–Crippen MR) is 293 cm³/mol. The average molecular weight is 1120 g/mol. The number of para-hydroxylation sites is 4. The Kier molecular flexibility index (Phi) is 12.8. The number of furan rings is 2. The fraction of sp³-hybridized carbons (Fsp3) is 0.159. The molecule has 0 aliphatic rings. The molecule has 0 spiro atoms. The second kappa shape index (κ2) is 19.2. The second-order valence-corrected chi connectivity index (χ2v) is 24.9. The van der Waals surface area contributed by atoms with Crippen LogP contribution in [-0.2, 0) is 20.1 Å². The van der Waals surface area contributed by atoms with E-state index in [1.807, 2.05) is 55.5 Å². The Morgan fingerprint density at radius 2 is 1.28 bits per heavy atom. The molecule has 0 saturated carbocycles. The van der Waals surface area contributed by atoms with Crippen LogP contribution in [0.15, 0.2) is 179 Å². The molecule has 0 aliphatic carbocycles. The number of pyridine rings is 2. The van der Waals surface area contributed by atoms with E-state index in [2.05, 4.69) is 190 Å². The van der Waals surface area contributed by atoms with Gasteiger partial charge in [0.2, 0.25) is 5.71 Å². The zero-order valence-electron chi connectivity index (χ0n) is 41.3. The summed E-state index contributed by atoms with van der Waals surface area (Å²) in [5.41, 5.74) is 17.6. The van der Waals surface area contributed by atoms with Gasteiger partial charge in [-0.25, -0.2) is 4.98 Å². The van der Waals surface area contributed by atoms with Crippen molar-refractivity contribution in [2.45, 2.75) is 66.1 Å². The first-order valence-corrected chi connectivity index (χ1v) is 27.7. The summed E-state index contributed by atoms with van der Waals surface area (Å²) in [4.78, 5) is 14.7. The van der Waals surface area contributed by atoms with E-state index in [1.54, 1.807) is 0 Å². The zero-order valence-corrected chi connectivity index (χ0v) is 44.7. The van der Waals surface area contributed by atoms with E-state index in [0.29, 0.717) is 17.5 Å². The molecule has 0 amide bonds. The molecule has 71 heavy (non-hydrogen) atoms. The minimum Gasteiger partial charge on any atom is -0.486 e. The molecule has 0 aliphatic heterocycles. The Morgan fingerprint density at radius 1 is 0.577 bits per heavy atom. The normalized spacial score (nSPS) is 11.8. The molecule has 0 fully saturated rings. The third kappa shape index (κ3) is 8.75. The maximum atomic E-state index is 6.44. The Balaban J connectivity index is 0.000000171. The molecule has 1 radical (unpaired) electrons. The van der Waals surface area contributed by atoms with Gasteiger partial charge in [0.1, 0.15) is 11.2 Å². The van der Waals surface area contributed by atoms with Crippen molar-refractivity contribution >= 4 is 68.3 Å². The van der Waals surface area contributed by atoms with Gasteiger partial charge in [-0.1, -0.05) is 143 Å². The topological polar surface area (TPSA) is 69.9 Å². The summed E-state index contributed by atoms with van der Waals surface area (Å²) >= 11 is 0. The maximum Gasteiger partial charge on any atom is 0.216 e. The van der Waals surface area contributed by atoms with Gasteiger partial charge in [0.15, 0.2) is 0 Å². The first-order valence-electron chi connectivity index (χ1n) is 24.2. The van der Waals surface area contributed by atoms with Crippen molar-refractivity contribution in [1.29, 1.82) is 0 Å². The van der Waals surface area contributed by atoms with Crippen molar-refractivity contribution < 1.29 is 28.9 Å². The molecule has 12 aromatic rings. The van der Waals surface area contributed by atoms with Gasteiger partial charge in [0.25, 0.3) is 0 Å². The van der Waals surface area contributed by atoms with E-state index in [4.69, 9.17) is 18.8 Å². The number of fused-ring (bicyclic) bond motifs is 7. The molecule has 5 heterocycles. The third-order valence-corrected chi connectivity index (χ3v) is 15.4. The van der Waals surface area contributed by atoms with Crippen molar-refractivity contribution in [3.8, 4) is 50.6 Å². The standard InChI is InChI=1S/C37H32N3O.C26H22NOSi.Ir/c1-22(2)30-20-26(25-12-7-6-8-13-25)21-31(23(3)4)34(30)40-33-17-10-9-16-32(33)39-36(40)29-15-11-14-27-28-19-18-24(5)38-37(28)41-35(27)29;1-29(2,3)25-17-27-23(18-10-5-4-6-11-18)16-22(25)21-14-9-13-20-19-12-7-8-15-24(19)28-26(20)21;/h6-14,16-23H,1-5H3;4-10,12-17H,1-3H3;/q2*-1;. The molecular weight excluding hydrogens is 1070 g/mol. The summed E-state index contributed by atoms with van der Waals surface area (Å²) < 4.78 is 15.1. The number of benzene rings is 7. The van der Waals surface area contributed by atoms with Crippen LogP contribution in [0.2, 0.25) is 19.6 Å². The predicted octanol–water partition coefficient (Wildman–Crippen LogP) is 16.7. The molecule has 0 N–H and O–H groups in total. The Hall–Kier alpha value is -7.22. The van der Waals surface area contributed by atoms with Crippen LogP contribution >= 0.6 is 0 Å². The number of hydrogen-bond acceptors (Lipinski definition) is 5. The number of nitrogens with zero attached hydrogens (tertiary/aromatic N) is 4. The van der Waals surface area contributed by atoms with Crippen LogP contribution in [0.5, 0.6) is 0 Å². The van der Waals surface area contributed by atoms with Crippen LogP contribution in [0, 0.1) is 19.1 Å². The Morgan fingerprint density at radius 3 is 2.03 bits per heavy atom. The van der Waals surface area contributed by atoms with Crippen LogP contribution in [0.4, 0.5) is 0 Å². The maximum absolute atomic E-state index is 6.44. The molecule has 0 bridgehead atoms. The number of imidazole rings is 1. The minimum atomic E-state index is -1.63. The van der Waals surface area contributed by atoms with E-state index in [1.165, 1.54) is 38.7 Å². The number of rotatable bonds is 8. The molecule has 0 saturated heterocycles. The van der Waals surface area contributed by atoms with Crippen LogP contribution in [-0.4, -0.2) is 27.6 Å². The van der Waals surface area contributed by atoms with Gasteiger partial charge in [-0.2, -0.15) is 0 Å². The SMILES string of the molecule is C[Si](C)(C)c1cnc(-c2[c-]cccc2)cc1-c1cccc2c1oc1ccccc12.Cc1ccc2c(n1)oc1c(-c3nc4ccccc4n3-c3c(C(C)C)cc(-c4ccccc4)cc3C(C)C)[c-]ccc12.[Ir]. The van der Waals surface area contributed by atoms with Gasteiger partial charge in [0.05, 0.1) is 30.5 Å². The quantitative estimate of drug-likeness (QED) is 0.112. The van der Waals surface area contributed by atoms with E-state index in [-0.39, 0.29) is 20.1 Å². The summed E-state index contributed by atoms with van der Waals surface area (Å²) in [6, 6.07) is 63.6. The van der Waals surface area contributed by atoms with Crippen molar-refractivity contribution in [2.24, 2.45) is 0 Å². The van der Waals surface area contributed by atoms with Gasteiger partial charge in [-0.3, -0.25) is 4.98 Å². The summed E-state index contributed by atoms with van der Waals surface area (Å²) in [5, 5.41) is 5.67. The fourth-order valence-corrected chi connectivity index (χ4v) is 11.3. The second-order valence-electron chi connectivity index (χ2n) is 19.9. The largest absolute Gasteiger partial charge is 0.486 e. The molecule has 8 heteroatoms. The van der Waals surface area contributed by atoms with Gasteiger partial charge >= 0.3 is 0 Å². The fourth-order valence-electron chi connectivity index (χ4n) is 9.85. The van der Waals surface area contributed by atoms with Gasteiger partial charge in [0, 0.05) is 59.4 Å². The first kappa shape index (κ1) is 47.5. The van der Waals surface area contributed by atoms with Crippen molar-refractivity contribution in [1.82, 2.24) is 19.5 Å². The van der Waals surface area contributed by atoms with Crippen LogP contribution < -0.4 is 5.19 Å². The average Bonchev–Trinajstić information content (AvgIpc) is 4.07. The van der Waals surface area contributed by atoms with Crippen molar-refractivity contribution in [2.75, 3.05) is 0 Å². The molecule has 0 atom stereocenters. The van der Waals surface area contributed by atoms with E-state index >= 15 is 0 Å². The number of aryl methyl sites for hydroxylation is 1. The molecule has 353 valence electrons. The van der Waals surface area contributed by atoms with Crippen molar-refractivity contribution in [3.05, 3.63) is 199 Å². The molecule has 6 nitrogen and oxygen atoms in total. The smallest absolute Gasteiger partial charge is 0.216 e. The molecule has 7 aromatic carbocycles. The Bertz CT molecular complexity index is 3870. The monoisotopic (exact) mass is 1120 g/mol. The minimum absolute atomic E-state index is 0. The Labute approximate surface area is 429 Å². The van der Waals surface area contributed by atoms with Gasteiger partial charge in [-0.15, -0.1) is 54.1 Å². The van der Waals surface area contributed by atoms with Crippen molar-refractivity contribution in [3.63, 3.8) is 0 Å². The van der Waals surface area contributed by atoms with E-state index < -0.39 is 8.07 Å². The summed E-state index contributed by atoms with van der Waals surface area (Å²) in [6.45, 7) is 18.2. The summed E-state index contributed by atoms with van der Waals surface area (Å²) in [5.74, 6) is 1.40. The summed E-state index contributed by atoms with van der Waals surface area (Å²) in [7, 11) is -1.63. The third-order valence-electron chi connectivity index (χ3n) is 13.4. The van der Waals surface area contributed by atoms with E-state index in [0.717, 1.165) is 83.2 Å². The molecular formula is C63H54IrN4O2Si-2. The van der Waals surface area contributed by atoms with Gasteiger partial charge in [-0.05, 0) is 99.9 Å². The number of aromatic nitrogens is 4. The van der Waals surface area contributed by atoms with Gasteiger partial charge < -0.3 is 18.4 Å². The number of hydrogen-bond donors (Lipinski definition) is 0. The van der Waals surface area contributed by atoms with E-state index in [9.17, 15) is 0 Å². The molecule has 12 rings (SSSR count). The first-order chi connectivity index (χ1) is 33.9. The zero-order chi connectivity index (χ0) is 48.3. The van der Waals surface area contributed by atoms with Crippen LogP contribution in [0.1, 0.15) is 56.4 Å².